The molecule has 3 saturated carbocycles. The van der Waals surface area contributed by atoms with Crippen LogP contribution >= 0.6 is 15.9 Å². The number of alkyl halides is 2. The summed E-state index contributed by atoms with van der Waals surface area (Å²) in [5, 5.41) is 11.4. The summed E-state index contributed by atoms with van der Waals surface area (Å²) >= 11 is 3.27. The molecule has 32 heavy (non-hydrogen) atoms. The zero-order valence-electron chi connectivity index (χ0n) is 19.1. The third-order valence-electron chi connectivity index (χ3n) is 9.28. The van der Waals surface area contributed by atoms with Gasteiger partial charge in [-0.05, 0) is 50.7 Å². The van der Waals surface area contributed by atoms with Gasteiger partial charge in [-0.25, -0.2) is 4.39 Å². The van der Waals surface area contributed by atoms with E-state index in [9.17, 15) is 19.5 Å². The van der Waals surface area contributed by atoms with Gasteiger partial charge in [-0.15, -0.1) is 0 Å². The van der Waals surface area contributed by atoms with Crippen LogP contribution in [0.15, 0.2) is 23.8 Å². The van der Waals surface area contributed by atoms with Gasteiger partial charge in [0, 0.05) is 29.1 Å². The van der Waals surface area contributed by atoms with Crippen molar-refractivity contribution in [2.75, 3.05) is 5.33 Å². The number of carbonyl (C=O) groups excluding carboxylic acids is 3. The Bertz CT molecular complexity index is 929. The number of halogens is 2. The number of carbonyl (C=O) groups is 3. The minimum absolute atomic E-state index is 0.00932. The topological polar surface area (TPSA) is 80.7 Å². The molecular formula is C25H32BrFO5. The fraction of sp³-hybridized carbons (Fsp3) is 0.720. The van der Waals surface area contributed by atoms with Crippen LogP contribution in [0.5, 0.6) is 0 Å². The molecule has 0 heterocycles. The summed E-state index contributed by atoms with van der Waals surface area (Å²) in [6.07, 6.45) is 4.87. The van der Waals surface area contributed by atoms with Crippen molar-refractivity contribution < 1.29 is 28.6 Å². The lowest BCUT2D eigenvalue weighted by molar-refractivity contribution is -0.226. The molecule has 7 heteroatoms. The standard InChI is InChI=1S/C25H32BrFO5/c1-5-21(31)32-25(20(30)13-26)14(2)10-18-17-7-6-15-11-16(28)8-9-22(15,3)24(17,27)19(29)12-23(18,25)4/h8-9,11,14,17-19,29H,5-7,10,12-13H2,1-4H3/t14-,17-,18-,19-,22-,23-,24-,25-/m0/s1. The van der Waals surface area contributed by atoms with Gasteiger partial charge in [-0.1, -0.05) is 48.4 Å². The Balaban J connectivity index is 1.85. The van der Waals surface area contributed by atoms with Crippen molar-refractivity contribution >= 4 is 33.5 Å². The van der Waals surface area contributed by atoms with Gasteiger partial charge in [-0.3, -0.25) is 14.4 Å². The number of allylic oxidation sites excluding steroid dienone is 4. The number of fused-ring (bicyclic) bond motifs is 5. The Kier molecular flexibility index (Phi) is 5.65. The second kappa shape index (κ2) is 7.59. The van der Waals surface area contributed by atoms with E-state index in [1.165, 1.54) is 12.2 Å². The summed E-state index contributed by atoms with van der Waals surface area (Å²) in [7, 11) is 0. The Morgan fingerprint density at radius 3 is 2.62 bits per heavy atom. The van der Waals surface area contributed by atoms with Gasteiger partial charge in [-0.2, -0.15) is 0 Å². The van der Waals surface area contributed by atoms with Crippen LogP contribution in [-0.2, 0) is 19.1 Å². The molecular weight excluding hydrogens is 479 g/mol. The summed E-state index contributed by atoms with van der Waals surface area (Å²) in [5.74, 6) is -1.93. The van der Waals surface area contributed by atoms with Crippen LogP contribution in [0.1, 0.15) is 59.8 Å². The monoisotopic (exact) mass is 510 g/mol. The van der Waals surface area contributed by atoms with Gasteiger partial charge in [0.05, 0.1) is 11.4 Å². The first-order valence-corrected chi connectivity index (χ1v) is 12.7. The van der Waals surface area contributed by atoms with Crippen molar-refractivity contribution in [3.8, 4) is 0 Å². The highest BCUT2D eigenvalue weighted by Gasteiger charge is 2.77. The molecule has 0 unspecified atom stereocenters. The average Bonchev–Trinajstić information content (AvgIpc) is 2.96. The molecule has 8 atom stereocenters. The summed E-state index contributed by atoms with van der Waals surface area (Å²) in [4.78, 5) is 37.8. The summed E-state index contributed by atoms with van der Waals surface area (Å²) in [6, 6.07) is 0. The molecule has 0 aromatic rings. The van der Waals surface area contributed by atoms with Crippen molar-refractivity contribution in [2.45, 2.75) is 77.2 Å². The van der Waals surface area contributed by atoms with Crippen molar-refractivity contribution in [3.05, 3.63) is 23.8 Å². The second-order valence-electron chi connectivity index (χ2n) is 10.5. The highest BCUT2D eigenvalue weighted by atomic mass is 79.9. The van der Waals surface area contributed by atoms with Gasteiger partial charge < -0.3 is 9.84 Å². The number of ketones is 2. The maximum Gasteiger partial charge on any atom is 0.306 e. The number of Topliss-reactive ketones (excluding diaryl/α,β-unsaturated/α-hetero) is 1. The Morgan fingerprint density at radius 2 is 2.00 bits per heavy atom. The van der Waals surface area contributed by atoms with E-state index in [-0.39, 0.29) is 41.6 Å². The number of aliphatic hydroxyl groups is 1. The molecule has 0 amide bonds. The lowest BCUT2D eigenvalue weighted by Gasteiger charge is -2.62. The summed E-state index contributed by atoms with van der Waals surface area (Å²) in [6.45, 7) is 7.24. The van der Waals surface area contributed by atoms with Crippen molar-refractivity contribution in [3.63, 3.8) is 0 Å². The largest absolute Gasteiger partial charge is 0.450 e. The highest BCUT2D eigenvalue weighted by molar-refractivity contribution is 9.09. The number of ether oxygens (including phenoxy) is 1. The van der Waals surface area contributed by atoms with Crippen molar-refractivity contribution in [1.29, 1.82) is 0 Å². The van der Waals surface area contributed by atoms with Crippen LogP contribution in [-0.4, -0.2) is 45.3 Å². The van der Waals surface area contributed by atoms with E-state index in [2.05, 4.69) is 15.9 Å². The first kappa shape index (κ1) is 23.8. The van der Waals surface area contributed by atoms with Crippen LogP contribution in [0.3, 0.4) is 0 Å². The first-order valence-electron chi connectivity index (χ1n) is 11.5. The van der Waals surface area contributed by atoms with Gasteiger partial charge in [0.25, 0.3) is 0 Å². The zero-order chi connectivity index (χ0) is 23.7. The SMILES string of the molecule is CCC(=O)O[C@]1(C(=O)CBr)[C@@H](C)C[C@H]2[C@@H]3CCC4=CC(=O)C=C[C@]4(C)[C@@]3(F)[C@@H](O)C[C@@]21C. The van der Waals surface area contributed by atoms with E-state index < -0.39 is 40.1 Å². The maximum absolute atomic E-state index is 17.2. The van der Waals surface area contributed by atoms with E-state index in [0.717, 1.165) is 5.57 Å². The van der Waals surface area contributed by atoms with Gasteiger partial charge in [0.1, 0.15) is 0 Å². The van der Waals surface area contributed by atoms with Crippen LogP contribution in [0.4, 0.5) is 4.39 Å². The third kappa shape index (κ3) is 2.73. The molecule has 3 fully saturated rings. The number of esters is 1. The molecule has 4 aliphatic carbocycles. The molecule has 4 rings (SSSR count). The van der Waals surface area contributed by atoms with Crippen LogP contribution in [0.2, 0.25) is 0 Å². The van der Waals surface area contributed by atoms with E-state index in [1.54, 1.807) is 19.9 Å². The van der Waals surface area contributed by atoms with Gasteiger partial charge in [0.15, 0.2) is 22.8 Å². The molecule has 4 aliphatic rings. The van der Waals surface area contributed by atoms with E-state index >= 15 is 4.39 Å². The Labute approximate surface area is 197 Å². The lowest BCUT2D eigenvalue weighted by atomic mass is 9.44. The number of aliphatic hydroxyl groups excluding tert-OH is 1. The molecule has 5 nitrogen and oxygen atoms in total. The molecule has 0 aliphatic heterocycles. The zero-order valence-corrected chi connectivity index (χ0v) is 20.7. The molecule has 0 aromatic carbocycles. The first-order chi connectivity index (χ1) is 14.9. The summed E-state index contributed by atoms with van der Waals surface area (Å²) in [5.41, 5.74) is -4.64. The predicted molar refractivity (Wildman–Crippen MR) is 121 cm³/mol. The van der Waals surface area contributed by atoms with E-state index in [0.29, 0.717) is 19.3 Å². The van der Waals surface area contributed by atoms with Crippen LogP contribution < -0.4 is 0 Å². The smallest absolute Gasteiger partial charge is 0.306 e. The van der Waals surface area contributed by atoms with E-state index in [4.69, 9.17) is 4.74 Å². The van der Waals surface area contributed by atoms with Crippen LogP contribution in [0.25, 0.3) is 0 Å². The normalized spacial score (nSPS) is 47.2. The molecule has 0 radical (unpaired) electrons. The minimum Gasteiger partial charge on any atom is -0.450 e. The minimum atomic E-state index is -1.97. The number of rotatable bonds is 4. The second-order valence-corrected chi connectivity index (χ2v) is 11.1. The number of hydrogen-bond donors (Lipinski definition) is 1. The average molecular weight is 511 g/mol. The molecule has 1 N–H and O–H groups in total. The molecule has 0 spiro atoms. The molecule has 0 bridgehead atoms. The van der Waals surface area contributed by atoms with Crippen LogP contribution in [0, 0.1) is 28.6 Å². The molecule has 0 saturated heterocycles. The van der Waals surface area contributed by atoms with Gasteiger partial charge in [0.2, 0.25) is 0 Å². The molecule has 0 aromatic heterocycles. The lowest BCUT2D eigenvalue weighted by Crippen LogP contribution is -2.70. The third-order valence-corrected chi connectivity index (χ3v) is 9.79. The van der Waals surface area contributed by atoms with Crippen molar-refractivity contribution in [1.82, 2.24) is 0 Å². The van der Waals surface area contributed by atoms with Crippen molar-refractivity contribution in [2.24, 2.45) is 28.6 Å². The van der Waals surface area contributed by atoms with E-state index in [1.807, 2.05) is 13.8 Å². The number of hydrogen-bond acceptors (Lipinski definition) is 5. The quantitative estimate of drug-likeness (QED) is 0.451. The highest BCUT2D eigenvalue weighted by Crippen LogP contribution is 2.71. The van der Waals surface area contributed by atoms with Gasteiger partial charge >= 0.3 is 5.97 Å². The fourth-order valence-electron chi connectivity index (χ4n) is 7.75. The Hall–Kier alpha value is -1.34. The summed E-state index contributed by atoms with van der Waals surface area (Å²) < 4.78 is 23.2. The maximum atomic E-state index is 17.2. The fourth-order valence-corrected chi connectivity index (χ4v) is 8.17. The predicted octanol–water partition coefficient (Wildman–Crippen LogP) is 4.26. The Morgan fingerprint density at radius 1 is 1.31 bits per heavy atom. The molecule has 176 valence electrons.